The van der Waals surface area contributed by atoms with Gasteiger partial charge in [0.25, 0.3) is 0 Å². The van der Waals surface area contributed by atoms with Gasteiger partial charge in [-0.15, -0.1) is 0 Å². The van der Waals surface area contributed by atoms with Gasteiger partial charge in [-0.3, -0.25) is 9.59 Å². The number of nitrogens with one attached hydrogen (secondary N) is 4. The maximum Gasteiger partial charge on any atom is 0.219 e. The highest BCUT2D eigenvalue weighted by Crippen LogP contribution is 2.03. The predicted octanol–water partition coefficient (Wildman–Crippen LogP) is 16.4. The summed E-state index contributed by atoms with van der Waals surface area (Å²) in [5.41, 5.74) is 5.14. The van der Waals surface area contributed by atoms with Gasteiger partial charge in [0.15, 0.2) is 0 Å². The molecule has 2 aromatic carbocycles. The number of carbonyl (C=O) groups excluding carboxylic acids is 2. The van der Waals surface area contributed by atoms with Gasteiger partial charge in [0.1, 0.15) is 0 Å². The van der Waals surface area contributed by atoms with Crippen LogP contribution in [-0.2, 0) is 32.0 Å². The first-order valence-corrected chi connectivity index (χ1v) is 24.3. The maximum atomic E-state index is 10.9. The summed E-state index contributed by atoms with van der Waals surface area (Å²) in [7, 11) is 0. The molecule has 0 fully saturated rings. The molecule has 0 radical (unpaired) electrons. The highest BCUT2D eigenvalue weighted by molar-refractivity contribution is 5.75. The van der Waals surface area contributed by atoms with Crippen molar-refractivity contribution in [2.45, 2.75) is 248 Å². The summed E-state index contributed by atoms with van der Waals surface area (Å²) in [6.45, 7) is 44.9. The lowest BCUT2D eigenvalue weighted by Crippen LogP contribution is -2.21. The van der Waals surface area contributed by atoms with Gasteiger partial charge in [0, 0.05) is 45.8 Å². The Kier molecular flexibility index (Phi) is 153. The summed E-state index contributed by atoms with van der Waals surface area (Å²) in [6, 6.07) is 16.8. The standard InChI is InChI=1S/C11H15NO.C9H12.C6H14O2.C5H11NO.C5H12O.C5H10.2C4H11N.C4H10O.8CH4/c1-3-11(13)12-8-10-6-4-9(2)5-7-10;1-3-9-6-4-8(2)5-7-9;1-3-6(7)5-8-4-2;1-3-5(7)6-4-2;1-3-5(6)4-2;4*1-3-5-4-2;;;;;;;;/h4-7H,3,8H2,1-2H3,(H,12,13);4-7H,3H2,1-2H3;6-7H,3-5H2,1-2H3;3-4H2,1-2H3,(H,6,7);5-6H,3-4H2,1-2H3;3,5H,4H2,1-2H3;2*5H,3-4H2,1-2H3;3-4H2,1-2H3;8*1H4. The van der Waals surface area contributed by atoms with E-state index in [1.54, 1.807) is 0 Å². The fourth-order valence-electron chi connectivity index (χ4n) is 3.78. The Hall–Kier alpha value is -3.12. The molecule has 2 aromatic rings. The molecule has 2 rings (SSSR count). The number of aryl methyl sites for hydroxylation is 3. The quantitative estimate of drug-likeness (QED) is 0.0765. The van der Waals surface area contributed by atoms with Crippen molar-refractivity contribution in [3.05, 3.63) is 82.9 Å². The monoisotopic (exact) mass is 1020 g/mol. The maximum absolute atomic E-state index is 10.9. The molecular formula is C61H138N4O6. The molecule has 0 aromatic heterocycles. The number of hydrogen-bond acceptors (Lipinski definition) is 8. The van der Waals surface area contributed by atoms with Crippen LogP contribution in [0.15, 0.2) is 60.7 Å². The number of ether oxygens (including phenoxy) is 2. The van der Waals surface area contributed by atoms with Gasteiger partial charge in [-0.25, -0.2) is 0 Å². The van der Waals surface area contributed by atoms with E-state index in [-0.39, 0.29) is 83.4 Å². The molecule has 0 aliphatic rings. The number of amides is 2. The second-order valence-electron chi connectivity index (χ2n) is 13.6. The molecule has 10 nitrogen and oxygen atoms in total. The Morgan fingerprint density at radius 3 is 1.01 bits per heavy atom. The topological polar surface area (TPSA) is 141 Å². The lowest BCUT2D eigenvalue weighted by molar-refractivity contribution is -0.121. The third-order valence-corrected chi connectivity index (χ3v) is 7.96. The number of aliphatic hydroxyl groups excluding tert-OH is 2. The van der Waals surface area contributed by atoms with Crippen LogP contribution in [0, 0.1) is 13.8 Å². The first-order valence-electron chi connectivity index (χ1n) is 24.3. The Morgan fingerprint density at radius 2 is 0.831 bits per heavy atom. The number of allylic oxidation sites excluding steroid dienone is 2. The van der Waals surface area contributed by atoms with E-state index in [2.05, 4.69) is 113 Å². The molecule has 438 valence electrons. The highest BCUT2D eigenvalue weighted by Gasteiger charge is 1.97. The van der Waals surface area contributed by atoms with E-state index in [1.807, 2.05) is 93.5 Å². The summed E-state index contributed by atoms with van der Waals surface area (Å²) in [5, 5.41) is 29.2. The molecule has 0 bridgehead atoms. The van der Waals surface area contributed by atoms with Gasteiger partial charge in [0.2, 0.25) is 11.8 Å². The molecule has 0 aliphatic carbocycles. The van der Waals surface area contributed by atoms with Crippen LogP contribution in [0.3, 0.4) is 0 Å². The minimum atomic E-state index is -0.269. The fraction of sp³-hybridized carbons (Fsp3) is 0.738. The van der Waals surface area contributed by atoms with E-state index >= 15 is 0 Å². The van der Waals surface area contributed by atoms with Crippen LogP contribution in [0.4, 0.5) is 0 Å². The zero-order chi connectivity index (χ0) is 50.0. The van der Waals surface area contributed by atoms with Gasteiger partial charge in [0.05, 0.1) is 18.8 Å². The van der Waals surface area contributed by atoms with Crippen molar-refractivity contribution in [2.75, 3.05) is 59.2 Å². The Labute approximate surface area is 450 Å². The van der Waals surface area contributed by atoms with E-state index in [1.165, 1.54) is 16.7 Å². The van der Waals surface area contributed by atoms with Crippen LogP contribution in [0.2, 0.25) is 0 Å². The van der Waals surface area contributed by atoms with Crippen molar-refractivity contribution in [1.29, 1.82) is 0 Å². The number of carbonyl (C=O) groups is 2. The fourth-order valence-corrected chi connectivity index (χ4v) is 3.78. The largest absolute Gasteiger partial charge is 0.393 e. The van der Waals surface area contributed by atoms with Crippen molar-refractivity contribution < 1.29 is 29.3 Å². The second kappa shape index (κ2) is 100.0. The van der Waals surface area contributed by atoms with Crippen molar-refractivity contribution in [1.82, 2.24) is 21.3 Å². The molecule has 1 atom stereocenters. The van der Waals surface area contributed by atoms with Gasteiger partial charge in [-0.2, -0.15) is 0 Å². The minimum absolute atomic E-state index is 0. The lowest BCUT2D eigenvalue weighted by Gasteiger charge is -2.05. The second-order valence-corrected chi connectivity index (χ2v) is 13.6. The van der Waals surface area contributed by atoms with E-state index in [0.29, 0.717) is 32.6 Å². The molecule has 1 unspecified atom stereocenters. The summed E-state index contributed by atoms with van der Waals surface area (Å²) in [4.78, 5) is 21.2. The van der Waals surface area contributed by atoms with Crippen molar-refractivity contribution >= 4 is 11.8 Å². The molecule has 2 amide bonds. The molecule has 0 saturated carbocycles. The van der Waals surface area contributed by atoms with Crippen LogP contribution < -0.4 is 21.3 Å². The van der Waals surface area contributed by atoms with E-state index in [0.717, 1.165) is 83.6 Å². The summed E-state index contributed by atoms with van der Waals surface area (Å²) < 4.78 is 9.77. The van der Waals surface area contributed by atoms with Gasteiger partial charge in [-0.1, -0.05) is 207 Å². The van der Waals surface area contributed by atoms with Crippen molar-refractivity contribution in [2.24, 2.45) is 0 Å². The van der Waals surface area contributed by atoms with Gasteiger partial charge >= 0.3 is 0 Å². The molecule has 10 heteroatoms. The van der Waals surface area contributed by atoms with E-state index in [4.69, 9.17) is 19.7 Å². The number of benzene rings is 2. The number of rotatable bonds is 19. The molecular weight excluding hydrogens is 885 g/mol. The van der Waals surface area contributed by atoms with Crippen LogP contribution in [0.1, 0.15) is 231 Å². The highest BCUT2D eigenvalue weighted by atomic mass is 16.5. The SMILES string of the molecule is C.C.C.C.C.C.C.C.CC=CCC.CCC(=O)NCc1ccc(C)cc1.CCC(O)CC.CCNC(=O)CC.CCNCC.CCNCC.CCOCC.CCOCC(O)CC.CCc1ccc(C)cc1. The van der Waals surface area contributed by atoms with Crippen LogP contribution in [0.25, 0.3) is 0 Å². The molecule has 71 heavy (non-hydrogen) atoms. The Morgan fingerprint density at radius 1 is 0.493 bits per heavy atom. The minimum Gasteiger partial charge on any atom is -0.393 e. The average Bonchev–Trinajstić information content (AvgIpc) is 3.30. The third-order valence-electron chi connectivity index (χ3n) is 7.96. The van der Waals surface area contributed by atoms with Crippen LogP contribution in [-0.4, -0.2) is 93.4 Å². The van der Waals surface area contributed by atoms with E-state index < -0.39 is 0 Å². The summed E-state index contributed by atoms with van der Waals surface area (Å²) in [5.74, 6) is 0.225. The first-order chi connectivity index (χ1) is 30.1. The third kappa shape index (κ3) is 118. The average molecular weight is 1020 g/mol. The van der Waals surface area contributed by atoms with Gasteiger partial charge < -0.3 is 41.0 Å². The zero-order valence-corrected chi connectivity index (χ0v) is 44.5. The summed E-state index contributed by atoms with van der Waals surface area (Å²) in [6.07, 6.45) is 9.84. The lowest BCUT2D eigenvalue weighted by atomic mass is 10.1. The normalized spacial score (nSPS) is 8.69. The van der Waals surface area contributed by atoms with Crippen LogP contribution >= 0.6 is 0 Å². The predicted molar refractivity (Wildman–Crippen MR) is 332 cm³/mol. The smallest absolute Gasteiger partial charge is 0.219 e. The van der Waals surface area contributed by atoms with Crippen molar-refractivity contribution in [3.8, 4) is 0 Å². The molecule has 6 N–H and O–H groups in total. The van der Waals surface area contributed by atoms with Crippen LogP contribution in [0.5, 0.6) is 0 Å². The molecule has 0 spiro atoms. The Bertz CT molecular complexity index is 1110. The van der Waals surface area contributed by atoms with Gasteiger partial charge in [-0.05, 0) is 118 Å². The molecule has 0 saturated heterocycles. The zero-order valence-electron chi connectivity index (χ0n) is 44.5. The number of aliphatic hydroxyl groups is 2. The molecule has 0 aliphatic heterocycles. The summed E-state index contributed by atoms with van der Waals surface area (Å²) >= 11 is 0. The van der Waals surface area contributed by atoms with Crippen molar-refractivity contribution in [3.63, 3.8) is 0 Å². The Balaban J connectivity index is -0.0000000385. The first kappa shape index (κ1) is 109. The van der Waals surface area contributed by atoms with E-state index in [9.17, 15) is 9.59 Å². The number of hydrogen-bond donors (Lipinski definition) is 6. The molecule has 0 heterocycles.